The van der Waals surface area contributed by atoms with Crippen LogP contribution in [-0.4, -0.2) is 16.8 Å². The van der Waals surface area contributed by atoms with Gasteiger partial charge in [-0.25, -0.2) is 9.88 Å². The molecule has 1 aromatic rings. The van der Waals surface area contributed by atoms with Gasteiger partial charge < -0.3 is 0 Å². The van der Waals surface area contributed by atoms with Crippen molar-refractivity contribution >= 4 is 17.6 Å². The van der Waals surface area contributed by atoms with Crippen molar-refractivity contribution in [3.8, 4) is 0 Å². The van der Waals surface area contributed by atoms with E-state index in [-0.39, 0.29) is 18.7 Å². The third-order valence-corrected chi connectivity index (χ3v) is 2.58. The molecule has 0 atom stereocenters. The highest BCUT2D eigenvalue weighted by Crippen LogP contribution is 2.30. The molecule has 0 unspecified atom stereocenters. The minimum absolute atomic E-state index is 0.0577. The molecule has 2 amide bonds. The minimum Gasteiger partial charge on any atom is -0.274 e. The fourth-order valence-electron chi connectivity index (χ4n) is 1.70. The second-order valence-corrected chi connectivity index (χ2v) is 3.88. The molecule has 0 spiro atoms. The Labute approximate surface area is 100 Å². The lowest BCUT2D eigenvalue weighted by Crippen LogP contribution is -2.40. The average molecular weight is 258 g/mol. The summed E-state index contributed by atoms with van der Waals surface area (Å²) in [5, 5.41) is 0. The number of alkyl halides is 3. The van der Waals surface area contributed by atoms with Gasteiger partial charge in [-0.1, -0.05) is 0 Å². The highest BCUT2D eigenvalue weighted by molar-refractivity contribution is 6.15. The zero-order valence-electron chi connectivity index (χ0n) is 9.20. The molecule has 1 fully saturated rings. The van der Waals surface area contributed by atoms with Crippen molar-refractivity contribution in [2.75, 3.05) is 4.90 Å². The normalized spacial score (nSPS) is 17.2. The van der Waals surface area contributed by atoms with Crippen LogP contribution in [0.2, 0.25) is 0 Å². The molecule has 1 aliphatic heterocycles. The summed E-state index contributed by atoms with van der Waals surface area (Å²) in [6.45, 7) is 0. The predicted molar refractivity (Wildman–Crippen MR) is 55.6 cm³/mol. The number of halogens is 3. The van der Waals surface area contributed by atoms with Crippen molar-refractivity contribution in [3.05, 3.63) is 23.9 Å². The minimum atomic E-state index is -4.48. The van der Waals surface area contributed by atoms with Crippen LogP contribution in [0.15, 0.2) is 18.3 Å². The molecule has 4 nitrogen and oxygen atoms in total. The van der Waals surface area contributed by atoms with Crippen molar-refractivity contribution in [2.24, 2.45) is 0 Å². The van der Waals surface area contributed by atoms with E-state index >= 15 is 0 Å². The molecule has 2 rings (SSSR count). The molecule has 0 aliphatic carbocycles. The smallest absolute Gasteiger partial charge is 0.274 e. The lowest BCUT2D eigenvalue weighted by molar-refractivity contribution is -0.137. The first-order valence-corrected chi connectivity index (χ1v) is 5.28. The Morgan fingerprint density at radius 1 is 1.11 bits per heavy atom. The summed E-state index contributed by atoms with van der Waals surface area (Å²) in [5.74, 6) is -0.922. The Morgan fingerprint density at radius 2 is 1.72 bits per heavy atom. The van der Waals surface area contributed by atoms with Crippen molar-refractivity contribution in [1.29, 1.82) is 0 Å². The van der Waals surface area contributed by atoms with Crippen molar-refractivity contribution in [2.45, 2.75) is 25.4 Å². The SMILES string of the molecule is O=C1CCCC(=O)N1c1ccc(C(F)(F)F)cn1. The van der Waals surface area contributed by atoms with E-state index in [9.17, 15) is 22.8 Å². The summed E-state index contributed by atoms with van der Waals surface area (Å²) in [6.07, 6.45) is -3.00. The van der Waals surface area contributed by atoms with E-state index in [4.69, 9.17) is 0 Å². The highest BCUT2D eigenvalue weighted by Gasteiger charge is 2.32. The summed E-state index contributed by atoms with van der Waals surface area (Å²) in [5.41, 5.74) is -0.914. The second-order valence-electron chi connectivity index (χ2n) is 3.88. The first-order valence-electron chi connectivity index (χ1n) is 5.28. The maximum absolute atomic E-state index is 12.3. The number of piperidine rings is 1. The average Bonchev–Trinajstić information content (AvgIpc) is 2.28. The van der Waals surface area contributed by atoms with Crippen LogP contribution >= 0.6 is 0 Å². The number of imide groups is 1. The third-order valence-electron chi connectivity index (χ3n) is 2.58. The summed E-state index contributed by atoms with van der Waals surface area (Å²) in [7, 11) is 0. The molecule has 7 heteroatoms. The molecule has 1 aliphatic rings. The van der Waals surface area contributed by atoms with Crippen molar-refractivity contribution < 1.29 is 22.8 Å². The molecular formula is C11H9F3N2O2. The van der Waals surface area contributed by atoms with E-state index in [0.29, 0.717) is 12.6 Å². The van der Waals surface area contributed by atoms with Gasteiger partial charge >= 0.3 is 6.18 Å². The maximum atomic E-state index is 12.3. The van der Waals surface area contributed by atoms with Gasteiger partial charge in [0.2, 0.25) is 11.8 Å². The maximum Gasteiger partial charge on any atom is 0.417 e. The summed E-state index contributed by atoms with van der Waals surface area (Å²) >= 11 is 0. The number of anilines is 1. The Morgan fingerprint density at radius 3 is 2.17 bits per heavy atom. The molecule has 0 saturated carbocycles. The zero-order valence-corrected chi connectivity index (χ0v) is 9.20. The number of hydrogen-bond acceptors (Lipinski definition) is 3. The van der Waals surface area contributed by atoms with Gasteiger partial charge in [-0.15, -0.1) is 0 Å². The Kier molecular flexibility index (Phi) is 3.06. The molecule has 18 heavy (non-hydrogen) atoms. The standard InChI is InChI=1S/C11H9F3N2O2/c12-11(13,14)7-4-5-8(15-6-7)16-9(17)2-1-3-10(16)18/h4-6H,1-3H2. The van der Waals surface area contributed by atoms with Crippen LogP contribution in [0.5, 0.6) is 0 Å². The number of rotatable bonds is 1. The van der Waals surface area contributed by atoms with Crippen LogP contribution < -0.4 is 4.90 Å². The van der Waals surface area contributed by atoms with Crippen LogP contribution in [0.1, 0.15) is 24.8 Å². The Bertz CT molecular complexity index is 466. The van der Waals surface area contributed by atoms with E-state index in [0.717, 1.165) is 17.0 Å². The van der Waals surface area contributed by atoms with Crippen LogP contribution in [0.3, 0.4) is 0 Å². The molecule has 1 saturated heterocycles. The van der Waals surface area contributed by atoms with Gasteiger partial charge in [-0.05, 0) is 18.6 Å². The Hall–Kier alpha value is -1.92. The molecule has 2 heterocycles. The number of aromatic nitrogens is 1. The number of nitrogens with zero attached hydrogens (tertiary/aromatic N) is 2. The zero-order chi connectivity index (χ0) is 13.3. The Balaban J connectivity index is 2.29. The highest BCUT2D eigenvalue weighted by atomic mass is 19.4. The van der Waals surface area contributed by atoms with Gasteiger partial charge in [-0.2, -0.15) is 13.2 Å². The number of carbonyl (C=O) groups excluding carboxylic acids is 2. The predicted octanol–water partition coefficient (Wildman–Crippen LogP) is 2.14. The molecule has 96 valence electrons. The first kappa shape index (κ1) is 12.5. The van der Waals surface area contributed by atoms with Crippen molar-refractivity contribution in [3.63, 3.8) is 0 Å². The quantitative estimate of drug-likeness (QED) is 0.725. The van der Waals surface area contributed by atoms with Gasteiger partial charge in [0.05, 0.1) is 5.56 Å². The molecular weight excluding hydrogens is 249 g/mol. The van der Waals surface area contributed by atoms with E-state index in [2.05, 4.69) is 4.98 Å². The van der Waals surface area contributed by atoms with Gasteiger partial charge in [0, 0.05) is 19.0 Å². The first-order chi connectivity index (χ1) is 8.39. The number of pyridine rings is 1. The monoisotopic (exact) mass is 258 g/mol. The summed E-state index contributed by atoms with van der Waals surface area (Å²) in [4.78, 5) is 27.4. The molecule has 1 aromatic heterocycles. The molecule has 0 radical (unpaired) electrons. The van der Waals surface area contributed by atoms with Gasteiger partial charge in [0.1, 0.15) is 5.82 Å². The van der Waals surface area contributed by atoms with E-state index in [1.54, 1.807) is 0 Å². The summed E-state index contributed by atoms with van der Waals surface area (Å²) < 4.78 is 37.0. The van der Waals surface area contributed by atoms with Crippen LogP contribution in [0, 0.1) is 0 Å². The fourth-order valence-corrected chi connectivity index (χ4v) is 1.70. The topological polar surface area (TPSA) is 50.3 Å². The van der Waals surface area contributed by atoms with Crippen LogP contribution in [-0.2, 0) is 15.8 Å². The fraction of sp³-hybridized carbons (Fsp3) is 0.364. The van der Waals surface area contributed by atoms with Crippen LogP contribution in [0.25, 0.3) is 0 Å². The van der Waals surface area contributed by atoms with Gasteiger partial charge in [-0.3, -0.25) is 9.59 Å². The number of hydrogen-bond donors (Lipinski definition) is 0. The lowest BCUT2D eigenvalue weighted by atomic mass is 10.1. The molecule has 0 aromatic carbocycles. The number of amides is 2. The number of carbonyl (C=O) groups is 2. The van der Waals surface area contributed by atoms with E-state index < -0.39 is 23.6 Å². The van der Waals surface area contributed by atoms with Gasteiger partial charge in [0.25, 0.3) is 0 Å². The molecule has 0 bridgehead atoms. The molecule has 0 N–H and O–H groups in total. The van der Waals surface area contributed by atoms with E-state index in [1.165, 1.54) is 0 Å². The summed E-state index contributed by atoms with van der Waals surface area (Å²) in [6, 6.07) is 1.83. The lowest BCUT2D eigenvalue weighted by Gasteiger charge is -2.23. The second kappa shape index (κ2) is 4.40. The largest absolute Gasteiger partial charge is 0.417 e. The van der Waals surface area contributed by atoms with Crippen LogP contribution in [0.4, 0.5) is 19.0 Å². The van der Waals surface area contributed by atoms with E-state index in [1.807, 2.05) is 0 Å². The van der Waals surface area contributed by atoms with Gasteiger partial charge in [0.15, 0.2) is 0 Å². The van der Waals surface area contributed by atoms with Crippen molar-refractivity contribution in [1.82, 2.24) is 4.98 Å². The third kappa shape index (κ3) is 2.34.